The number of benzene rings is 1. The van der Waals surface area contributed by atoms with Crippen molar-refractivity contribution in [3.63, 3.8) is 0 Å². The molecule has 0 aliphatic rings. The summed E-state index contributed by atoms with van der Waals surface area (Å²) in [6.07, 6.45) is 0. The lowest BCUT2D eigenvalue weighted by Crippen LogP contribution is -2.46. The van der Waals surface area contributed by atoms with E-state index in [-0.39, 0.29) is 0 Å². The van der Waals surface area contributed by atoms with Gasteiger partial charge in [-0.15, -0.1) is 0 Å². The predicted octanol–water partition coefficient (Wildman–Crippen LogP) is 4.67. The zero-order valence-corrected chi connectivity index (χ0v) is 14.2. The zero-order valence-electron chi connectivity index (χ0n) is 12.2. The summed E-state index contributed by atoms with van der Waals surface area (Å²) in [5.74, 6) is 0.981. The zero-order chi connectivity index (χ0) is 13.6. The van der Waals surface area contributed by atoms with E-state index in [4.69, 9.17) is 9.40 Å². The van der Waals surface area contributed by atoms with Gasteiger partial charge in [0.2, 0.25) is 0 Å². The third kappa shape index (κ3) is 2.59. The van der Waals surface area contributed by atoms with Crippen LogP contribution in [0.1, 0.15) is 11.1 Å². The molecule has 0 bridgehead atoms. The summed E-state index contributed by atoms with van der Waals surface area (Å²) in [6.45, 7) is 14.5. The van der Waals surface area contributed by atoms with Crippen molar-refractivity contribution in [2.75, 3.05) is 0 Å². The number of para-hydroxylation sites is 2. The highest BCUT2D eigenvalue weighted by Crippen LogP contribution is 2.36. The minimum absolute atomic E-state index is 0.567. The number of hydrogen-bond donors (Lipinski definition) is 0. The van der Waals surface area contributed by atoms with Crippen molar-refractivity contribution in [1.29, 1.82) is 0 Å². The molecule has 0 N–H and O–H groups in total. The van der Waals surface area contributed by atoms with E-state index < -0.39 is 16.1 Å². The summed E-state index contributed by atoms with van der Waals surface area (Å²) in [6, 6.07) is 8.08. The molecule has 2 nitrogen and oxygen atoms in total. The van der Waals surface area contributed by atoms with Gasteiger partial charge < -0.3 is 4.42 Å². The molecule has 0 unspecified atom stereocenters. The predicted molar refractivity (Wildman–Crippen MR) is 83.4 cm³/mol. The smallest absolute Gasteiger partial charge is 0.193 e. The van der Waals surface area contributed by atoms with E-state index in [2.05, 4.69) is 39.3 Å². The minimum atomic E-state index is -1.32. The van der Waals surface area contributed by atoms with Crippen LogP contribution in [0.25, 0.3) is 11.1 Å². The SMILES string of the molecule is C[Si](C)(C)C(c1nc2ccccc2o1)[Si](C)(C)C. The molecule has 0 saturated carbocycles. The molecule has 2 aromatic rings. The second-order valence-electron chi connectivity index (χ2n) is 7.18. The third-order valence-corrected chi connectivity index (χ3v) is 12.4. The lowest BCUT2D eigenvalue weighted by Gasteiger charge is -2.35. The van der Waals surface area contributed by atoms with Gasteiger partial charge in [0, 0.05) is 5.16 Å². The van der Waals surface area contributed by atoms with Gasteiger partial charge in [0.15, 0.2) is 11.5 Å². The fourth-order valence-corrected chi connectivity index (χ4v) is 15.2. The Morgan fingerprint density at radius 3 is 2.00 bits per heavy atom. The molecule has 4 heteroatoms. The average molecular weight is 278 g/mol. The van der Waals surface area contributed by atoms with Gasteiger partial charge in [-0.2, -0.15) is 0 Å². The van der Waals surface area contributed by atoms with Crippen LogP contribution >= 0.6 is 0 Å². The van der Waals surface area contributed by atoms with Gasteiger partial charge in [-0.05, 0) is 12.1 Å². The van der Waals surface area contributed by atoms with Crippen LogP contribution in [0.4, 0.5) is 0 Å². The molecule has 0 saturated heterocycles. The molecule has 0 spiro atoms. The van der Waals surface area contributed by atoms with E-state index in [1.807, 2.05) is 24.3 Å². The number of hydrogen-bond acceptors (Lipinski definition) is 2. The highest BCUT2D eigenvalue weighted by molar-refractivity contribution is 6.96. The van der Waals surface area contributed by atoms with E-state index in [0.717, 1.165) is 17.0 Å². The first-order valence-corrected chi connectivity index (χ1v) is 13.7. The molecule has 1 aromatic heterocycles. The summed E-state index contributed by atoms with van der Waals surface area (Å²) in [7, 11) is -2.64. The van der Waals surface area contributed by atoms with Crippen LogP contribution in [-0.4, -0.2) is 21.1 Å². The highest BCUT2D eigenvalue weighted by atomic mass is 28.4. The number of fused-ring (bicyclic) bond motifs is 1. The Bertz CT molecular complexity index is 502. The monoisotopic (exact) mass is 277 g/mol. The van der Waals surface area contributed by atoms with E-state index in [0.29, 0.717) is 5.16 Å². The molecule has 0 atom stereocenters. The number of oxazole rings is 1. The van der Waals surface area contributed by atoms with Crippen molar-refractivity contribution in [3.8, 4) is 0 Å². The summed E-state index contributed by atoms with van der Waals surface area (Å²) >= 11 is 0. The van der Waals surface area contributed by atoms with E-state index in [9.17, 15) is 0 Å². The molecule has 1 heterocycles. The van der Waals surface area contributed by atoms with Gasteiger partial charge in [-0.1, -0.05) is 51.4 Å². The molecule has 2 rings (SSSR count). The summed E-state index contributed by atoms with van der Waals surface area (Å²) < 4.78 is 6.04. The fourth-order valence-electron chi connectivity index (χ4n) is 3.05. The third-order valence-electron chi connectivity index (χ3n) is 3.29. The van der Waals surface area contributed by atoms with Gasteiger partial charge in [-0.25, -0.2) is 4.98 Å². The maximum atomic E-state index is 6.04. The fraction of sp³-hybridized carbons (Fsp3) is 0.500. The lowest BCUT2D eigenvalue weighted by atomic mass is 10.3. The molecular weight excluding hydrogens is 254 g/mol. The van der Waals surface area contributed by atoms with Crippen LogP contribution in [0.3, 0.4) is 0 Å². The first-order valence-electron chi connectivity index (χ1n) is 6.55. The minimum Gasteiger partial charge on any atom is -0.441 e. The van der Waals surface area contributed by atoms with Gasteiger partial charge in [-0.3, -0.25) is 0 Å². The number of nitrogens with zero attached hydrogens (tertiary/aromatic N) is 1. The number of aromatic nitrogens is 1. The van der Waals surface area contributed by atoms with Crippen molar-refractivity contribution in [2.45, 2.75) is 44.4 Å². The molecule has 0 fully saturated rings. The molecule has 98 valence electrons. The molecule has 0 aliphatic carbocycles. The highest BCUT2D eigenvalue weighted by Gasteiger charge is 2.41. The maximum absolute atomic E-state index is 6.04. The van der Waals surface area contributed by atoms with Crippen molar-refractivity contribution < 1.29 is 4.42 Å². The lowest BCUT2D eigenvalue weighted by molar-refractivity contribution is 0.543. The van der Waals surface area contributed by atoms with Gasteiger partial charge in [0.25, 0.3) is 0 Å². The van der Waals surface area contributed by atoms with Gasteiger partial charge in [0.1, 0.15) is 5.52 Å². The van der Waals surface area contributed by atoms with Crippen molar-refractivity contribution in [1.82, 2.24) is 4.98 Å². The number of rotatable bonds is 3. The van der Waals surface area contributed by atoms with Gasteiger partial charge >= 0.3 is 0 Å². The first kappa shape index (κ1) is 13.6. The molecular formula is C14H23NOSi2. The van der Waals surface area contributed by atoms with Gasteiger partial charge in [0.05, 0.1) is 16.1 Å². The van der Waals surface area contributed by atoms with Crippen LogP contribution < -0.4 is 0 Å². The van der Waals surface area contributed by atoms with Crippen molar-refractivity contribution in [3.05, 3.63) is 30.2 Å². The Kier molecular flexibility index (Phi) is 3.27. The Morgan fingerprint density at radius 1 is 0.944 bits per heavy atom. The van der Waals surface area contributed by atoms with Crippen LogP contribution in [0.5, 0.6) is 0 Å². The largest absolute Gasteiger partial charge is 0.441 e. The van der Waals surface area contributed by atoms with Crippen LogP contribution in [-0.2, 0) is 0 Å². The van der Waals surface area contributed by atoms with E-state index in [1.54, 1.807) is 0 Å². The quantitative estimate of drug-likeness (QED) is 0.762. The molecule has 0 radical (unpaired) electrons. The Labute approximate surface area is 111 Å². The Hall–Kier alpha value is -0.876. The Morgan fingerprint density at radius 2 is 1.50 bits per heavy atom. The second-order valence-corrected chi connectivity index (χ2v) is 18.4. The van der Waals surface area contributed by atoms with E-state index in [1.165, 1.54) is 0 Å². The van der Waals surface area contributed by atoms with Crippen LogP contribution in [0.15, 0.2) is 28.7 Å². The standard InChI is InChI=1S/C14H23NOSi2/c1-17(2,3)14(18(4,5)6)13-15-11-9-7-8-10-12(11)16-13/h7-10,14H,1-6H3. The van der Waals surface area contributed by atoms with E-state index >= 15 is 0 Å². The Balaban J connectivity index is 2.55. The summed E-state index contributed by atoms with van der Waals surface area (Å²) in [4.78, 5) is 4.75. The summed E-state index contributed by atoms with van der Waals surface area (Å²) in [5.41, 5.74) is 1.92. The molecule has 0 amide bonds. The average Bonchev–Trinajstić information content (AvgIpc) is 2.54. The van der Waals surface area contributed by atoms with Crippen molar-refractivity contribution >= 4 is 27.2 Å². The van der Waals surface area contributed by atoms with Crippen LogP contribution in [0.2, 0.25) is 39.3 Å². The first-order chi connectivity index (χ1) is 8.19. The van der Waals surface area contributed by atoms with Crippen LogP contribution in [0, 0.1) is 0 Å². The maximum Gasteiger partial charge on any atom is 0.193 e. The van der Waals surface area contributed by atoms with Crippen molar-refractivity contribution in [2.24, 2.45) is 0 Å². The molecule has 18 heavy (non-hydrogen) atoms. The summed E-state index contributed by atoms with van der Waals surface area (Å²) in [5, 5.41) is 0.567. The second kappa shape index (κ2) is 4.35. The molecule has 1 aromatic carbocycles. The molecule has 0 aliphatic heterocycles. The normalized spacial score (nSPS) is 13.5. The topological polar surface area (TPSA) is 26.0 Å².